The predicted octanol–water partition coefficient (Wildman–Crippen LogP) is 5.08. The first-order chi connectivity index (χ1) is 15.5. The van der Waals surface area contributed by atoms with Crippen LogP contribution in [0.25, 0.3) is 0 Å². The van der Waals surface area contributed by atoms with Crippen LogP contribution < -0.4 is 4.72 Å². The molecular weight excluding hydrogens is 515 g/mol. The molecule has 1 fully saturated rings. The lowest BCUT2D eigenvalue weighted by atomic mass is 9.94. The van der Waals surface area contributed by atoms with Crippen molar-refractivity contribution in [1.82, 2.24) is 4.72 Å². The van der Waals surface area contributed by atoms with Crippen LogP contribution in [-0.2, 0) is 32.2 Å². The van der Waals surface area contributed by atoms with Crippen LogP contribution in [0.3, 0.4) is 0 Å². The second-order valence-electron chi connectivity index (χ2n) is 7.83. The van der Waals surface area contributed by atoms with E-state index in [1.54, 1.807) is 0 Å². The van der Waals surface area contributed by atoms with E-state index >= 15 is 4.39 Å². The van der Waals surface area contributed by atoms with Crippen molar-refractivity contribution in [3.05, 3.63) is 59.7 Å². The van der Waals surface area contributed by atoms with E-state index in [1.165, 1.54) is 0 Å². The molecule has 0 heterocycles. The summed E-state index contributed by atoms with van der Waals surface area (Å²) in [5.74, 6) is 0. The van der Waals surface area contributed by atoms with Gasteiger partial charge in [-0.25, -0.2) is 25.9 Å². The Morgan fingerprint density at radius 3 is 1.68 bits per heavy atom. The van der Waals surface area contributed by atoms with E-state index in [4.69, 9.17) is 0 Å². The van der Waals surface area contributed by atoms with Crippen LogP contribution >= 0.6 is 0 Å². The number of rotatable bonds is 5. The molecular formula is C20H18F7NO4S2. The van der Waals surface area contributed by atoms with Gasteiger partial charge in [-0.3, -0.25) is 0 Å². The van der Waals surface area contributed by atoms with Crippen molar-refractivity contribution in [2.24, 2.45) is 0 Å². The van der Waals surface area contributed by atoms with Crippen LogP contribution in [0.1, 0.15) is 36.8 Å². The number of benzene rings is 2. The number of sulfonamides is 1. The highest BCUT2D eigenvalue weighted by atomic mass is 32.2. The number of alkyl halides is 7. The van der Waals surface area contributed by atoms with Gasteiger partial charge < -0.3 is 0 Å². The van der Waals surface area contributed by atoms with Crippen molar-refractivity contribution in [3.8, 4) is 0 Å². The summed E-state index contributed by atoms with van der Waals surface area (Å²) in [6, 6.07) is 4.65. The van der Waals surface area contributed by atoms with Gasteiger partial charge in [0.05, 0.1) is 20.9 Å². The predicted molar refractivity (Wildman–Crippen MR) is 106 cm³/mol. The Kier molecular flexibility index (Phi) is 6.83. The summed E-state index contributed by atoms with van der Waals surface area (Å²) >= 11 is 0. The summed E-state index contributed by atoms with van der Waals surface area (Å²) in [5.41, 5.74) is -2.45. The average molecular weight is 533 g/mol. The molecule has 1 aliphatic carbocycles. The number of hydrogen-bond acceptors (Lipinski definition) is 4. The Morgan fingerprint density at radius 1 is 0.765 bits per heavy atom. The van der Waals surface area contributed by atoms with Crippen molar-refractivity contribution in [2.75, 3.05) is 0 Å². The van der Waals surface area contributed by atoms with Crippen LogP contribution in [0.15, 0.2) is 58.3 Å². The Labute approximate surface area is 190 Å². The molecule has 1 aliphatic rings. The fourth-order valence-corrected chi connectivity index (χ4v) is 6.70. The average Bonchev–Trinajstić information content (AvgIpc) is 2.74. The maximum atomic E-state index is 15.4. The van der Waals surface area contributed by atoms with Crippen LogP contribution in [0.4, 0.5) is 30.7 Å². The summed E-state index contributed by atoms with van der Waals surface area (Å²) in [6.07, 6.45) is -11.7. The zero-order chi connectivity index (χ0) is 25.6. The third kappa shape index (κ3) is 5.38. The van der Waals surface area contributed by atoms with Crippen molar-refractivity contribution < 1.29 is 47.6 Å². The van der Waals surface area contributed by atoms with Gasteiger partial charge in [0.2, 0.25) is 24.9 Å². The van der Waals surface area contributed by atoms with Crippen LogP contribution in [0.5, 0.6) is 0 Å². The molecule has 1 saturated carbocycles. The van der Waals surface area contributed by atoms with Crippen LogP contribution in [0, 0.1) is 0 Å². The highest BCUT2D eigenvalue weighted by Crippen LogP contribution is 2.42. The molecule has 5 nitrogen and oxygen atoms in total. The normalized spacial score (nSPS) is 22.5. The van der Waals surface area contributed by atoms with E-state index in [9.17, 15) is 43.2 Å². The Morgan fingerprint density at radius 2 is 1.21 bits per heavy atom. The summed E-state index contributed by atoms with van der Waals surface area (Å²) < 4.78 is 145. The minimum absolute atomic E-state index is 0.332. The van der Waals surface area contributed by atoms with Gasteiger partial charge in [-0.2, -0.15) is 26.3 Å². The van der Waals surface area contributed by atoms with Gasteiger partial charge in [0.25, 0.3) is 0 Å². The molecule has 2 aromatic carbocycles. The van der Waals surface area contributed by atoms with Crippen LogP contribution in [-0.4, -0.2) is 27.9 Å². The first-order valence-corrected chi connectivity index (χ1v) is 12.7. The summed E-state index contributed by atoms with van der Waals surface area (Å²) in [7, 11) is -9.29. The van der Waals surface area contributed by atoms with E-state index in [1.807, 2.05) is 0 Å². The molecule has 0 aromatic heterocycles. The Balaban J connectivity index is 1.76. The number of sulfone groups is 1. The molecule has 0 atom stereocenters. The molecule has 2 aromatic rings. The minimum atomic E-state index is -4.85. The molecule has 0 saturated heterocycles. The number of nitrogens with one attached hydrogen (secondary N) is 1. The second-order valence-corrected chi connectivity index (χ2v) is 11.8. The third-order valence-electron chi connectivity index (χ3n) is 5.48. The lowest BCUT2D eigenvalue weighted by Gasteiger charge is -2.33. The highest BCUT2D eigenvalue weighted by molar-refractivity contribution is 7.92. The van der Waals surface area contributed by atoms with E-state index in [0.29, 0.717) is 24.3 Å². The van der Waals surface area contributed by atoms with E-state index < -0.39 is 77.0 Å². The monoisotopic (exact) mass is 533 g/mol. The van der Waals surface area contributed by atoms with Gasteiger partial charge in [0, 0.05) is 6.04 Å². The van der Waals surface area contributed by atoms with E-state index in [2.05, 4.69) is 4.72 Å². The summed E-state index contributed by atoms with van der Waals surface area (Å²) in [5, 5.41) is -2.94. The lowest BCUT2D eigenvalue weighted by molar-refractivity contribution is -0.138. The Bertz CT molecular complexity index is 1260. The Hall–Kier alpha value is -2.19. The highest BCUT2D eigenvalue weighted by Gasteiger charge is 2.48. The number of halogens is 7. The third-order valence-corrected chi connectivity index (χ3v) is 9.24. The lowest BCUT2D eigenvalue weighted by Crippen LogP contribution is -2.45. The fraction of sp³-hybridized carbons (Fsp3) is 0.400. The molecule has 3 rings (SSSR count). The first kappa shape index (κ1) is 26.4. The fourth-order valence-electron chi connectivity index (χ4n) is 3.61. The first-order valence-electron chi connectivity index (χ1n) is 9.76. The molecule has 188 valence electrons. The number of hydrogen-bond donors (Lipinski definition) is 1. The minimum Gasteiger partial charge on any atom is -0.226 e. The SMILES string of the molecule is O=S(=O)(N[C@H]1CC[C@](F)(S(=O)(=O)c2cccc(C(F)(F)F)c2)CC1)c1cccc(C(F)(F)F)c1. The summed E-state index contributed by atoms with van der Waals surface area (Å²) in [4.78, 5) is -1.52. The summed E-state index contributed by atoms with van der Waals surface area (Å²) in [6.45, 7) is 0. The molecule has 0 unspecified atom stereocenters. The molecule has 34 heavy (non-hydrogen) atoms. The van der Waals surface area contributed by atoms with Gasteiger partial charge in [-0.15, -0.1) is 0 Å². The zero-order valence-electron chi connectivity index (χ0n) is 17.1. The quantitative estimate of drug-likeness (QED) is 0.544. The largest absolute Gasteiger partial charge is 0.416 e. The standard InChI is InChI=1S/C20H18F7NO4S2/c21-18(33(29,30)16-5-1-3-13(11-16)19(22,23)24)9-7-15(8-10-18)28-34(31,32)17-6-2-4-14(12-17)20(25,26)27/h1-6,11-12,15,28H,7-10H2/t15-,18-. The topological polar surface area (TPSA) is 80.3 Å². The maximum absolute atomic E-state index is 15.4. The van der Waals surface area contributed by atoms with Gasteiger partial charge in [0.15, 0.2) is 0 Å². The van der Waals surface area contributed by atoms with E-state index in [0.717, 1.165) is 24.3 Å². The molecule has 0 bridgehead atoms. The van der Waals surface area contributed by atoms with Gasteiger partial charge in [-0.05, 0) is 62.1 Å². The molecule has 14 heteroatoms. The van der Waals surface area contributed by atoms with E-state index in [-0.39, 0.29) is 12.8 Å². The maximum Gasteiger partial charge on any atom is 0.416 e. The second kappa shape index (κ2) is 8.79. The van der Waals surface area contributed by atoms with Crippen molar-refractivity contribution in [3.63, 3.8) is 0 Å². The molecule has 1 N–H and O–H groups in total. The van der Waals surface area contributed by atoms with Crippen molar-refractivity contribution >= 4 is 19.9 Å². The van der Waals surface area contributed by atoms with Crippen LogP contribution in [0.2, 0.25) is 0 Å². The smallest absolute Gasteiger partial charge is 0.226 e. The van der Waals surface area contributed by atoms with Crippen molar-refractivity contribution in [2.45, 2.75) is 58.9 Å². The molecule has 0 amide bonds. The molecule has 0 spiro atoms. The van der Waals surface area contributed by atoms with Gasteiger partial charge in [0.1, 0.15) is 0 Å². The molecule has 0 aliphatic heterocycles. The van der Waals surface area contributed by atoms with Crippen molar-refractivity contribution in [1.29, 1.82) is 0 Å². The van der Waals surface area contributed by atoms with Gasteiger partial charge >= 0.3 is 12.4 Å². The molecule has 0 radical (unpaired) electrons. The zero-order valence-corrected chi connectivity index (χ0v) is 18.8. The van der Waals surface area contributed by atoms with Gasteiger partial charge in [-0.1, -0.05) is 12.1 Å².